The zero-order valence-corrected chi connectivity index (χ0v) is 12.2. The number of nitriles is 1. The summed E-state index contributed by atoms with van der Waals surface area (Å²) in [5.41, 5.74) is 0.624. The Morgan fingerprint density at radius 2 is 2.19 bits per heavy atom. The number of rotatable bonds is 5. The van der Waals surface area contributed by atoms with Crippen molar-refractivity contribution in [3.63, 3.8) is 0 Å². The minimum absolute atomic E-state index is 0.0151. The summed E-state index contributed by atoms with van der Waals surface area (Å²) in [7, 11) is 1.44. The van der Waals surface area contributed by atoms with Gasteiger partial charge in [0, 0.05) is 13.1 Å². The van der Waals surface area contributed by atoms with Crippen LogP contribution in [0.1, 0.15) is 18.4 Å². The fourth-order valence-corrected chi connectivity index (χ4v) is 2.54. The number of carbonyl (C=O) groups is 1. The third kappa shape index (κ3) is 4.47. The van der Waals surface area contributed by atoms with E-state index >= 15 is 0 Å². The molecule has 1 fully saturated rings. The molecule has 5 heteroatoms. The van der Waals surface area contributed by atoms with Crippen LogP contribution < -0.4 is 4.74 Å². The van der Waals surface area contributed by atoms with Crippen LogP contribution in [0.5, 0.6) is 5.75 Å². The van der Waals surface area contributed by atoms with E-state index in [4.69, 9.17) is 14.7 Å². The molecule has 1 aromatic rings. The van der Waals surface area contributed by atoms with E-state index in [0.717, 1.165) is 38.2 Å². The molecule has 0 aromatic heterocycles. The van der Waals surface area contributed by atoms with E-state index in [1.54, 1.807) is 24.3 Å². The lowest BCUT2D eigenvalue weighted by Gasteiger charge is -2.31. The molecule has 1 saturated heterocycles. The molecular weight excluding hydrogens is 268 g/mol. The van der Waals surface area contributed by atoms with Gasteiger partial charge in [-0.05, 0) is 43.7 Å². The number of esters is 1. The number of hydrogen-bond acceptors (Lipinski definition) is 5. The number of ether oxygens (including phenoxy) is 2. The Bertz CT molecular complexity index is 507. The zero-order chi connectivity index (χ0) is 15.1. The Morgan fingerprint density at radius 3 is 2.86 bits per heavy atom. The monoisotopic (exact) mass is 288 g/mol. The predicted octanol–water partition coefficient (Wildman–Crippen LogP) is 1.82. The molecule has 1 heterocycles. The van der Waals surface area contributed by atoms with E-state index in [2.05, 4.69) is 11.0 Å². The Morgan fingerprint density at radius 1 is 1.43 bits per heavy atom. The SMILES string of the molecule is COC(=O)C1CCCN(CCOc2ccc(C#N)cc2)C1. The van der Waals surface area contributed by atoms with Gasteiger partial charge in [0.05, 0.1) is 24.7 Å². The van der Waals surface area contributed by atoms with E-state index in [1.165, 1.54) is 7.11 Å². The summed E-state index contributed by atoms with van der Waals surface area (Å²) in [5.74, 6) is 0.627. The van der Waals surface area contributed by atoms with E-state index in [9.17, 15) is 4.79 Å². The van der Waals surface area contributed by atoms with Crippen molar-refractivity contribution in [1.29, 1.82) is 5.26 Å². The van der Waals surface area contributed by atoms with E-state index in [1.807, 2.05) is 0 Å². The van der Waals surface area contributed by atoms with Crippen LogP contribution in [0.25, 0.3) is 0 Å². The van der Waals surface area contributed by atoms with Gasteiger partial charge in [-0.15, -0.1) is 0 Å². The third-order valence-corrected chi connectivity index (χ3v) is 3.70. The van der Waals surface area contributed by atoms with Crippen LogP contribution in [-0.2, 0) is 9.53 Å². The fourth-order valence-electron chi connectivity index (χ4n) is 2.54. The van der Waals surface area contributed by atoms with Crippen LogP contribution in [0.2, 0.25) is 0 Å². The largest absolute Gasteiger partial charge is 0.492 e. The minimum atomic E-state index is -0.118. The number of piperidine rings is 1. The molecule has 1 unspecified atom stereocenters. The average Bonchev–Trinajstić information content (AvgIpc) is 2.55. The molecule has 0 radical (unpaired) electrons. The first-order chi connectivity index (χ1) is 10.2. The Balaban J connectivity index is 1.75. The highest BCUT2D eigenvalue weighted by Crippen LogP contribution is 2.17. The quantitative estimate of drug-likeness (QED) is 0.773. The molecule has 21 heavy (non-hydrogen) atoms. The van der Waals surface area contributed by atoms with Gasteiger partial charge in [-0.25, -0.2) is 0 Å². The Hall–Kier alpha value is -2.06. The lowest BCUT2D eigenvalue weighted by Crippen LogP contribution is -2.41. The molecule has 1 aliphatic rings. The first kappa shape index (κ1) is 15.3. The van der Waals surface area contributed by atoms with Crippen molar-refractivity contribution in [3.8, 4) is 11.8 Å². The van der Waals surface area contributed by atoms with Gasteiger partial charge in [-0.3, -0.25) is 9.69 Å². The number of methoxy groups -OCH3 is 1. The van der Waals surface area contributed by atoms with Crippen LogP contribution in [0.3, 0.4) is 0 Å². The molecule has 0 saturated carbocycles. The van der Waals surface area contributed by atoms with Crippen LogP contribution >= 0.6 is 0 Å². The van der Waals surface area contributed by atoms with Gasteiger partial charge in [0.2, 0.25) is 0 Å². The van der Waals surface area contributed by atoms with Crippen molar-refractivity contribution < 1.29 is 14.3 Å². The average molecular weight is 288 g/mol. The van der Waals surface area contributed by atoms with Gasteiger partial charge in [0.1, 0.15) is 12.4 Å². The highest BCUT2D eigenvalue weighted by molar-refractivity contribution is 5.72. The lowest BCUT2D eigenvalue weighted by atomic mass is 9.98. The standard InChI is InChI=1S/C16H20N2O3/c1-20-16(19)14-3-2-8-18(12-14)9-10-21-15-6-4-13(11-17)5-7-15/h4-7,14H,2-3,8-10,12H2,1H3. The van der Waals surface area contributed by atoms with Crippen molar-refractivity contribution >= 4 is 5.97 Å². The number of carbonyl (C=O) groups excluding carboxylic acids is 1. The van der Waals surface area contributed by atoms with Crippen LogP contribution in [-0.4, -0.2) is 44.2 Å². The third-order valence-electron chi connectivity index (χ3n) is 3.70. The minimum Gasteiger partial charge on any atom is -0.492 e. The summed E-state index contributed by atoms with van der Waals surface area (Å²) < 4.78 is 10.5. The van der Waals surface area contributed by atoms with Crippen molar-refractivity contribution in [2.45, 2.75) is 12.8 Å². The second kappa shape index (κ2) is 7.65. The molecule has 2 rings (SSSR count). The van der Waals surface area contributed by atoms with Gasteiger partial charge in [0.25, 0.3) is 0 Å². The Labute approximate surface area is 125 Å². The maximum atomic E-state index is 11.6. The smallest absolute Gasteiger partial charge is 0.309 e. The molecular formula is C16H20N2O3. The predicted molar refractivity (Wildman–Crippen MR) is 77.8 cm³/mol. The molecule has 5 nitrogen and oxygen atoms in total. The first-order valence-corrected chi connectivity index (χ1v) is 7.16. The number of benzene rings is 1. The molecule has 1 aliphatic heterocycles. The normalized spacial score (nSPS) is 18.8. The van der Waals surface area contributed by atoms with E-state index in [-0.39, 0.29) is 11.9 Å². The van der Waals surface area contributed by atoms with Crippen molar-refractivity contribution in [1.82, 2.24) is 4.90 Å². The van der Waals surface area contributed by atoms with E-state index in [0.29, 0.717) is 12.2 Å². The topological polar surface area (TPSA) is 62.6 Å². The maximum Gasteiger partial charge on any atom is 0.309 e. The van der Waals surface area contributed by atoms with Crippen molar-refractivity contribution in [2.75, 3.05) is 33.4 Å². The van der Waals surface area contributed by atoms with Crippen molar-refractivity contribution in [2.24, 2.45) is 5.92 Å². The van der Waals surface area contributed by atoms with Gasteiger partial charge < -0.3 is 9.47 Å². The second-order valence-corrected chi connectivity index (χ2v) is 5.15. The zero-order valence-electron chi connectivity index (χ0n) is 12.2. The molecule has 0 aliphatic carbocycles. The molecule has 0 bridgehead atoms. The summed E-state index contributed by atoms with van der Waals surface area (Å²) in [4.78, 5) is 13.8. The number of hydrogen-bond donors (Lipinski definition) is 0. The van der Waals surface area contributed by atoms with Gasteiger partial charge in [0.15, 0.2) is 0 Å². The van der Waals surface area contributed by atoms with Crippen molar-refractivity contribution in [3.05, 3.63) is 29.8 Å². The number of nitrogens with zero attached hydrogens (tertiary/aromatic N) is 2. The summed E-state index contributed by atoms with van der Waals surface area (Å²) >= 11 is 0. The highest BCUT2D eigenvalue weighted by Gasteiger charge is 2.26. The lowest BCUT2D eigenvalue weighted by molar-refractivity contribution is -0.147. The number of likely N-dealkylation sites (tertiary alicyclic amines) is 1. The maximum absolute atomic E-state index is 11.6. The fraction of sp³-hybridized carbons (Fsp3) is 0.500. The molecule has 112 valence electrons. The molecule has 0 amide bonds. The summed E-state index contributed by atoms with van der Waals surface area (Å²) in [6.07, 6.45) is 1.91. The molecule has 0 spiro atoms. The van der Waals surface area contributed by atoms with Crippen LogP contribution in [0.4, 0.5) is 0 Å². The summed E-state index contributed by atoms with van der Waals surface area (Å²) in [5, 5.41) is 8.73. The van der Waals surface area contributed by atoms with Crippen LogP contribution in [0, 0.1) is 17.2 Å². The Kier molecular flexibility index (Phi) is 5.59. The second-order valence-electron chi connectivity index (χ2n) is 5.15. The van der Waals surface area contributed by atoms with Gasteiger partial charge in [-0.1, -0.05) is 0 Å². The van der Waals surface area contributed by atoms with Gasteiger partial charge >= 0.3 is 5.97 Å². The highest BCUT2D eigenvalue weighted by atomic mass is 16.5. The molecule has 0 N–H and O–H groups in total. The molecule has 1 aromatic carbocycles. The summed E-state index contributed by atoms with van der Waals surface area (Å²) in [6.45, 7) is 3.08. The summed E-state index contributed by atoms with van der Waals surface area (Å²) in [6, 6.07) is 9.15. The van der Waals surface area contributed by atoms with Gasteiger partial charge in [-0.2, -0.15) is 5.26 Å². The molecule has 1 atom stereocenters. The van der Waals surface area contributed by atoms with E-state index < -0.39 is 0 Å². The van der Waals surface area contributed by atoms with Crippen LogP contribution in [0.15, 0.2) is 24.3 Å². The first-order valence-electron chi connectivity index (χ1n) is 7.16.